The molecule has 0 aliphatic heterocycles. The van der Waals surface area contributed by atoms with Crippen LogP contribution in [0.5, 0.6) is 0 Å². The maximum atomic E-state index is 10.8. The molecule has 2 aromatic rings. The molecular formula is C10H9N3OS. The third-order valence-electron chi connectivity index (χ3n) is 1.85. The van der Waals surface area contributed by atoms with Gasteiger partial charge in [0.2, 0.25) is 0 Å². The van der Waals surface area contributed by atoms with Crippen LogP contribution < -0.4 is 5.73 Å². The molecule has 2 N–H and O–H groups in total. The molecule has 0 bridgehead atoms. The van der Waals surface area contributed by atoms with Crippen molar-refractivity contribution in [3.05, 3.63) is 46.2 Å². The number of carbonyl (C=O) groups is 1. The number of thiazole rings is 1. The fourth-order valence-corrected chi connectivity index (χ4v) is 1.86. The Morgan fingerprint density at radius 2 is 2.27 bits per heavy atom. The maximum Gasteiger partial charge on any atom is 0.277 e. The van der Waals surface area contributed by atoms with Gasteiger partial charge >= 0.3 is 0 Å². The highest BCUT2D eigenvalue weighted by Crippen LogP contribution is 2.12. The summed E-state index contributed by atoms with van der Waals surface area (Å²) in [5.41, 5.74) is 6.87. The summed E-state index contributed by atoms with van der Waals surface area (Å²) in [5.74, 6) is -0.479. The van der Waals surface area contributed by atoms with E-state index >= 15 is 0 Å². The number of carbonyl (C=O) groups excluding carboxylic acids is 1. The molecule has 5 heteroatoms. The summed E-state index contributed by atoms with van der Waals surface area (Å²) in [6.45, 7) is 0. The SMILES string of the molecule is NC(=O)c1nc(Cc2ccccn2)cs1. The van der Waals surface area contributed by atoms with Crippen LogP contribution >= 0.6 is 11.3 Å². The summed E-state index contributed by atoms with van der Waals surface area (Å²) in [4.78, 5) is 19.1. The van der Waals surface area contributed by atoms with Crippen molar-refractivity contribution >= 4 is 17.2 Å². The average molecular weight is 219 g/mol. The molecule has 76 valence electrons. The first kappa shape index (κ1) is 9.79. The van der Waals surface area contributed by atoms with Crippen LogP contribution in [-0.4, -0.2) is 15.9 Å². The van der Waals surface area contributed by atoms with Gasteiger partial charge in [-0.2, -0.15) is 0 Å². The van der Waals surface area contributed by atoms with Gasteiger partial charge in [0.1, 0.15) is 0 Å². The predicted molar refractivity (Wildman–Crippen MR) is 57.7 cm³/mol. The van der Waals surface area contributed by atoms with E-state index in [1.54, 1.807) is 6.20 Å². The van der Waals surface area contributed by atoms with E-state index in [9.17, 15) is 4.79 Å². The zero-order valence-electron chi connectivity index (χ0n) is 7.88. The molecule has 0 radical (unpaired) electrons. The van der Waals surface area contributed by atoms with Crippen LogP contribution in [0.4, 0.5) is 0 Å². The summed E-state index contributed by atoms with van der Waals surface area (Å²) in [7, 11) is 0. The first-order valence-electron chi connectivity index (χ1n) is 4.40. The van der Waals surface area contributed by atoms with Gasteiger partial charge in [0, 0.05) is 23.7 Å². The largest absolute Gasteiger partial charge is 0.364 e. The number of primary amides is 1. The molecule has 0 atom stereocenters. The molecule has 15 heavy (non-hydrogen) atoms. The molecule has 0 aliphatic carbocycles. The van der Waals surface area contributed by atoms with Gasteiger partial charge in [-0.25, -0.2) is 4.98 Å². The fraction of sp³-hybridized carbons (Fsp3) is 0.100. The zero-order valence-corrected chi connectivity index (χ0v) is 8.70. The Balaban J connectivity index is 2.15. The molecule has 2 aromatic heterocycles. The number of hydrogen-bond acceptors (Lipinski definition) is 4. The van der Waals surface area contributed by atoms with Gasteiger partial charge in [-0.1, -0.05) is 6.07 Å². The van der Waals surface area contributed by atoms with E-state index in [1.165, 1.54) is 11.3 Å². The van der Waals surface area contributed by atoms with Crippen LogP contribution in [0.15, 0.2) is 29.8 Å². The first-order valence-corrected chi connectivity index (χ1v) is 5.28. The van der Waals surface area contributed by atoms with Crippen molar-refractivity contribution in [2.45, 2.75) is 6.42 Å². The van der Waals surface area contributed by atoms with E-state index in [4.69, 9.17) is 5.73 Å². The smallest absolute Gasteiger partial charge is 0.277 e. The highest BCUT2D eigenvalue weighted by atomic mass is 32.1. The van der Waals surface area contributed by atoms with Gasteiger partial charge in [-0.05, 0) is 12.1 Å². The molecule has 2 heterocycles. The molecule has 0 aliphatic rings. The predicted octanol–water partition coefficient (Wildman–Crippen LogP) is 1.23. The molecule has 0 spiro atoms. The van der Waals surface area contributed by atoms with Gasteiger partial charge in [0.05, 0.1) is 5.69 Å². The van der Waals surface area contributed by atoms with Gasteiger partial charge in [-0.3, -0.25) is 9.78 Å². The van der Waals surface area contributed by atoms with E-state index in [-0.39, 0.29) is 0 Å². The Morgan fingerprint density at radius 1 is 1.40 bits per heavy atom. The second kappa shape index (κ2) is 4.18. The summed E-state index contributed by atoms with van der Waals surface area (Å²) in [6.07, 6.45) is 2.36. The monoisotopic (exact) mass is 219 g/mol. The minimum atomic E-state index is -0.479. The lowest BCUT2D eigenvalue weighted by atomic mass is 10.2. The quantitative estimate of drug-likeness (QED) is 0.844. The van der Waals surface area contributed by atoms with Crippen molar-refractivity contribution in [2.24, 2.45) is 5.73 Å². The van der Waals surface area contributed by atoms with Crippen molar-refractivity contribution in [1.29, 1.82) is 0 Å². The Bertz CT molecular complexity index is 467. The lowest BCUT2D eigenvalue weighted by Crippen LogP contribution is -2.10. The van der Waals surface area contributed by atoms with Crippen LogP contribution in [0.1, 0.15) is 21.2 Å². The van der Waals surface area contributed by atoms with Crippen LogP contribution in [0.2, 0.25) is 0 Å². The number of amides is 1. The summed E-state index contributed by atoms with van der Waals surface area (Å²) >= 11 is 1.26. The minimum absolute atomic E-state index is 0.348. The molecular weight excluding hydrogens is 210 g/mol. The molecule has 0 fully saturated rings. The average Bonchev–Trinajstić information content (AvgIpc) is 2.68. The van der Waals surface area contributed by atoms with Crippen LogP contribution in [0.3, 0.4) is 0 Å². The van der Waals surface area contributed by atoms with E-state index in [0.717, 1.165) is 11.4 Å². The van der Waals surface area contributed by atoms with Crippen molar-refractivity contribution in [2.75, 3.05) is 0 Å². The number of nitrogens with zero attached hydrogens (tertiary/aromatic N) is 2. The zero-order chi connectivity index (χ0) is 10.7. The first-order chi connectivity index (χ1) is 7.25. The fourth-order valence-electron chi connectivity index (χ4n) is 1.19. The van der Waals surface area contributed by atoms with Crippen molar-refractivity contribution in [1.82, 2.24) is 9.97 Å². The highest BCUT2D eigenvalue weighted by molar-refractivity contribution is 7.11. The molecule has 0 aromatic carbocycles. The third-order valence-corrected chi connectivity index (χ3v) is 2.76. The van der Waals surface area contributed by atoms with Crippen molar-refractivity contribution in [3.8, 4) is 0 Å². The van der Waals surface area contributed by atoms with Crippen LogP contribution in [0, 0.1) is 0 Å². The number of hydrogen-bond donors (Lipinski definition) is 1. The summed E-state index contributed by atoms with van der Waals surface area (Å²) in [5, 5.41) is 2.18. The normalized spacial score (nSPS) is 10.1. The minimum Gasteiger partial charge on any atom is -0.364 e. The second-order valence-electron chi connectivity index (χ2n) is 3.01. The Morgan fingerprint density at radius 3 is 2.87 bits per heavy atom. The molecule has 0 saturated carbocycles. The number of aromatic nitrogens is 2. The number of pyridine rings is 1. The topological polar surface area (TPSA) is 68.9 Å². The van der Waals surface area contributed by atoms with Gasteiger partial charge in [0.15, 0.2) is 5.01 Å². The van der Waals surface area contributed by atoms with Gasteiger partial charge < -0.3 is 5.73 Å². The number of nitrogens with two attached hydrogens (primary N) is 1. The van der Waals surface area contributed by atoms with Gasteiger partial charge in [0.25, 0.3) is 5.91 Å². The maximum absolute atomic E-state index is 10.8. The van der Waals surface area contributed by atoms with E-state index in [1.807, 2.05) is 23.6 Å². The molecule has 4 nitrogen and oxygen atoms in total. The summed E-state index contributed by atoms with van der Waals surface area (Å²) < 4.78 is 0. The molecule has 2 rings (SSSR count). The molecule has 0 saturated heterocycles. The second-order valence-corrected chi connectivity index (χ2v) is 3.86. The van der Waals surface area contributed by atoms with Crippen LogP contribution in [-0.2, 0) is 6.42 Å². The molecule has 0 unspecified atom stereocenters. The van der Waals surface area contributed by atoms with E-state index in [2.05, 4.69) is 9.97 Å². The lowest BCUT2D eigenvalue weighted by molar-refractivity contribution is 0.1000. The van der Waals surface area contributed by atoms with E-state index in [0.29, 0.717) is 11.4 Å². The Labute approximate surface area is 90.8 Å². The highest BCUT2D eigenvalue weighted by Gasteiger charge is 2.07. The standard InChI is InChI=1S/C10H9N3OS/c11-9(14)10-13-8(6-15-10)5-7-3-1-2-4-12-7/h1-4,6H,5H2,(H2,11,14). The van der Waals surface area contributed by atoms with Crippen molar-refractivity contribution < 1.29 is 4.79 Å². The van der Waals surface area contributed by atoms with Crippen molar-refractivity contribution in [3.63, 3.8) is 0 Å². The Kier molecular flexibility index (Phi) is 2.73. The van der Waals surface area contributed by atoms with E-state index < -0.39 is 5.91 Å². The Hall–Kier alpha value is -1.75. The lowest BCUT2D eigenvalue weighted by Gasteiger charge is -1.94. The van der Waals surface area contributed by atoms with Gasteiger partial charge in [-0.15, -0.1) is 11.3 Å². The summed E-state index contributed by atoms with van der Waals surface area (Å²) in [6, 6.07) is 5.70. The molecule has 1 amide bonds. The third kappa shape index (κ3) is 2.38. The van der Waals surface area contributed by atoms with Crippen LogP contribution in [0.25, 0.3) is 0 Å². The number of rotatable bonds is 3.